The van der Waals surface area contributed by atoms with Gasteiger partial charge in [0.2, 0.25) is 0 Å². The molecule has 0 spiro atoms. The van der Waals surface area contributed by atoms with Crippen molar-refractivity contribution >= 4 is 28.1 Å². The molecule has 1 fully saturated rings. The number of sulfonamides is 1. The zero-order chi connectivity index (χ0) is 20.1. The van der Waals surface area contributed by atoms with E-state index in [4.69, 9.17) is 4.74 Å². The number of hydrogen-bond donors (Lipinski definition) is 1. The quantitative estimate of drug-likeness (QED) is 0.710. The highest BCUT2D eigenvalue weighted by molar-refractivity contribution is 7.92. The van der Waals surface area contributed by atoms with Crippen molar-refractivity contribution in [3.8, 4) is 0 Å². The topological polar surface area (TPSA) is 70.1 Å². The van der Waals surface area contributed by atoms with Crippen LogP contribution >= 0.6 is 12.4 Å². The third-order valence-corrected chi connectivity index (χ3v) is 6.48. The first-order valence-electron chi connectivity index (χ1n) is 9.19. The molecule has 0 aromatic heterocycles. The molecule has 9 heteroatoms. The number of morpholine rings is 1. The maximum atomic E-state index is 13.3. The van der Waals surface area contributed by atoms with Crippen molar-refractivity contribution < 1.29 is 22.7 Å². The summed E-state index contributed by atoms with van der Waals surface area (Å²) < 4.78 is 46.3. The molecular weight excluding hydrogens is 419 g/mol. The van der Waals surface area contributed by atoms with Gasteiger partial charge in [0.25, 0.3) is 10.0 Å². The summed E-state index contributed by atoms with van der Waals surface area (Å²) in [4.78, 5) is 2.16. The zero-order valence-corrected chi connectivity index (χ0v) is 17.8. The summed E-state index contributed by atoms with van der Waals surface area (Å²) in [6.07, 6.45) is -0.900. The fraction of sp³-hybridized carbons (Fsp3) is 0.400. The van der Waals surface area contributed by atoms with Gasteiger partial charge < -0.3 is 9.84 Å². The van der Waals surface area contributed by atoms with Gasteiger partial charge in [0.05, 0.1) is 36.4 Å². The van der Waals surface area contributed by atoms with Crippen LogP contribution in [-0.4, -0.2) is 63.9 Å². The predicted octanol–water partition coefficient (Wildman–Crippen LogP) is 2.44. The van der Waals surface area contributed by atoms with Gasteiger partial charge in [-0.25, -0.2) is 12.8 Å². The predicted molar refractivity (Wildman–Crippen MR) is 113 cm³/mol. The number of aryl methyl sites for hydroxylation is 1. The van der Waals surface area contributed by atoms with E-state index >= 15 is 0 Å². The molecule has 1 unspecified atom stereocenters. The molecule has 1 atom stereocenters. The number of hydrogen-bond acceptors (Lipinski definition) is 5. The van der Waals surface area contributed by atoms with Crippen molar-refractivity contribution in [3.63, 3.8) is 0 Å². The second-order valence-corrected chi connectivity index (χ2v) is 8.75. The molecule has 160 valence electrons. The molecule has 6 nitrogen and oxygen atoms in total. The molecule has 0 bridgehead atoms. The molecule has 3 rings (SSSR count). The van der Waals surface area contributed by atoms with Gasteiger partial charge >= 0.3 is 0 Å². The first-order chi connectivity index (χ1) is 13.4. The zero-order valence-electron chi connectivity index (χ0n) is 16.2. The molecule has 2 aromatic carbocycles. The van der Waals surface area contributed by atoms with E-state index in [1.165, 1.54) is 36.4 Å². The summed E-state index contributed by atoms with van der Waals surface area (Å²) in [5.41, 5.74) is 1.25. The first kappa shape index (κ1) is 23.6. The minimum atomic E-state index is -3.91. The minimum absolute atomic E-state index is 0. The molecule has 1 aliphatic rings. The van der Waals surface area contributed by atoms with E-state index < -0.39 is 21.9 Å². The Bertz CT molecular complexity index is 872. The van der Waals surface area contributed by atoms with Crippen molar-refractivity contribution in [2.45, 2.75) is 17.9 Å². The van der Waals surface area contributed by atoms with Crippen molar-refractivity contribution in [2.75, 3.05) is 43.7 Å². The largest absolute Gasteiger partial charge is 0.390 e. The molecule has 1 saturated heterocycles. The Hall–Kier alpha value is -1.71. The maximum absolute atomic E-state index is 13.3. The average molecular weight is 445 g/mol. The van der Waals surface area contributed by atoms with Gasteiger partial charge in [0.1, 0.15) is 5.82 Å². The number of β-amino-alcohol motifs (C(OH)–C–C–N with tert-alkyl or cyclic N) is 1. The number of aliphatic hydroxyl groups excluding tert-OH is 1. The summed E-state index contributed by atoms with van der Waals surface area (Å²) in [6.45, 7) is 4.66. The van der Waals surface area contributed by atoms with Gasteiger partial charge in [0, 0.05) is 19.6 Å². The summed E-state index contributed by atoms with van der Waals surface area (Å²) in [5, 5.41) is 10.6. The summed E-state index contributed by atoms with van der Waals surface area (Å²) in [6, 6.07) is 11.7. The smallest absolute Gasteiger partial charge is 0.264 e. The van der Waals surface area contributed by atoms with Gasteiger partial charge in [-0.2, -0.15) is 0 Å². The molecule has 0 amide bonds. The molecule has 0 radical (unpaired) electrons. The van der Waals surface area contributed by atoms with Gasteiger partial charge in [-0.3, -0.25) is 9.21 Å². The minimum Gasteiger partial charge on any atom is -0.390 e. The molecule has 0 saturated carbocycles. The van der Waals surface area contributed by atoms with Crippen LogP contribution in [0.4, 0.5) is 10.1 Å². The monoisotopic (exact) mass is 444 g/mol. The summed E-state index contributed by atoms with van der Waals surface area (Å²) in [7, 11) is -3.91. The van der Waals surface area contributed by atoms with E-state index in [1.54, 1.807) is 12.1 Å². The number of nitrogens with zero attached hydrogens (tertiary/aromatic N) is 2. The van der Waals surface area contributed by atoms with E-state index in [1.807, 2.05) is 11.8 Å². The Balaban J connectivity index is 0.00000300. The van der Waals surface area contributed by atoms with Gasteiger partial charge in [-0.05, 0) is 43.3 Å². The molecule has 0 aliphatic carbocycles. The second kappa shape index (κ2) is 10.4. The molecular formula is C20H26ClFN2O4S. The van der Waals surface area contributed by atoms with Crippen LogP contribution in [0.1, 0.15) is 5.56 Å². The lowest BCUT2D eigenvalue weighted by Gasteiger charge is -2.31. The fourth-order valence-corrected chi connectivity index (χ4v) is 4.62. The Morgan fingerprint density at radius 2 is 1.69 bits per heavy atom. The number of rotatable bonds is 7. The number of aliphatic hydroxyl groups is 1. The molecule has 1 heterocycles. The second-order valence-electron chi connectivity index (χ2n) is 6.89. The lowest BCUT2D eigenvalue weighted by atomic mass is 10.2. The summed E-state index contributed by atoms with van der Waals surface area (Å²) in [5.74, 6) is -0.453. The van der Waals surface area contributed by atoms with Crippen LogP contribution in [0.5, 0.6) is 0 Å². The van der Waals surface area contributed by atoms with Crippen molar-refractivity contribution in [3.05, 3.63) is 59.9 Å². The normalized spacial score (nSPS) is 16.1. The van der Waals surface area contributed by atoms with Crippen LogP contribution in [0.25, 0.3) is 0 Å². The van der Waals surface area contributed by atoms with Crippen LogP contribution in [0.15, 0.2) is 53.4 Å². The van der Waals surface area contributed by atoms with Crippen molar-refractivity contribution in [1.82, 2.24) is 4.90 Å². The summed E-state index contributed by atoms with van der Waals surface area (Å²) >= 11 is 0. The van der Waals surface area contributed by atoms with Crippen LogP contribution in [0, 0.1) is 12.7 Å². The molecule has 1 N–H and O–H groups in total. The number of benzene rings is 2. The van der Waals surface area contributed by atoms with Crippen molar-refractivity contribution in [2.24, 2.45) is 0 Å². The highest BCUT2D eigenvalue weighted by atomic mass is 35.5. The van der Waals surface area contributed by atoms with Crippen molar-refractivity contribution in [1.29, 1.82) is 0 Å². The lowest BCUT2D eigenvalue weighted by Crippen LogP contribution is -2.46. The molecule has 1 aliphatic heterocycles. The third kappa shape index (κ3) is 6.13. The molecule has 29 heavy (non-hydrogen) atoms. The Labute approximate surface area is 177 Å². The van der Waals surface area contributed by atoms with E-state index in [9.17, 15) is 17.9 Å². The van der Waals surface area contributed by atoms with E-state index in [-0.39, 0.29) is 23.8 Å². The highest BCUT2D eigenvalue weighted by Gasteiger charge is 2.28. The average Bonchev–Trinajstić information content (AvgIpc) is 2.68. The van der Waals surface area contributed by atoms with Crippen LogP contribution in [-0.2, 0) is 14.8 Å². The highest BCUT2D eigenvalue weighted by Crippen LogP contribution is 2.25. The Kier molecular flexibility index (Phi) is 8.42. The number of ether oxygens (including phenoxy) is 1. The standard InChI is InChI=1S/C20H25FN2O4S.ClH/c1-16-2-8-20(9-3-16)28(25,26)23(18-6-4-17(21)5-7-18)15-19(24)14-22-10-12-27-13-11-22;/h2-9,19,24H,10-15H2,1H3;1H. The first-order valence-corrected chi connectivity index (χ1v) is 10.6. The van der Waals surface area contributed by atoms with Gasteiger partial charge in [0.15, 0.2) is 0 Å². The Morgan fingerprint density at radius 3 is 2.28 bits per heavy atom. The van der Waals surface area contributed by atoms with Gasteiger partial charge in [-0.1, -0.05) is 17.7 Å². The third-order valence-electron chi connectivity index (χ3n) is 4.67. The van der Waals surface area contributed by atoms with Crippen LogP contribution < -0.4 is 4.31 Å². The van der Waals surface area contributed by atoms with Crippen LogP contribution in [0.2, 0.25) is 0 Å². The lowest BCUT2D eigenvalue weighted by molar-refractivity contribution is 0.0166. The van der Waals surface area contributed by atoms with Crippen LogP contribution in [0.3, 0.4) is 0 Å². The Morgan fingerprint density at radius 1 is 1.10 bits per heavy atom. The van der Waals surface area contributed by atoms with E-state index in [2.05, 4.69) is 0 Å². The fourth-order valence-electron chi connectivity index (χ4n) is 3.12. The van der Waals surface area contributed by atoms with E-state index in [0.29, 0.717) is 38.5 Å². The van der Waals surface area contributed by atoms with E-state index in [0.717, 1.165) is 9.87 Å². The molecule has 2 aromatic rings. The number of halogens is 2. The SMILES string of the molecule is Cc1ccc(S(=O)(=O)N(CC(O)CN2CCOCC2)c2ccc(F)cc2)cc1.Cl. The maximum Gasteiger partial charge on any atom is 0.264 e. The number of anilines is 1. The van der Waals surface area contributed by atoms with Gasteiger partial charge in [-0.15, -0.1) is 12.4 Å².